The van der Waals surface area contributed by atoms with E-state index in [4.69, 9.17) is 0 Å². The van der Waals surface area contributed by atoms with Gasteiger partial charge in [0.05, 0.1) is 17.6 Å². The van der Waals surface area contributed by atoms with Crippen molar-refractivity contribution in [1.29, 1.82) is 0 Å². The summed E-state index contributed by atoms with van der Waals surface area (Å²) < 4.78 is 2.02. The molecule has 4 nitrogen and oxygen atoms in total. The number of nitrogens with zero attached hydrogens (tertiary/aromatic N) is 3. The number of carbonyl (C=O) groups is 1. The van der Waals surface area contributed by atoms with Gasteiger partial charge in [-0.2, -0.15) is 0 Å². The van der Waals surface area contributed by atoms with Crippen LogP contribution in [-0.2, 0) is 11.8 Å². The Morgan fingerprint density at radius 2 is 1.81 bits per heavy atom. The molecule has 5 heteroatoms. The molecule has 2 aromatic carbocycles. The summed E-state index contributed by atoms with van der Waals surface area (Å²) in [6.07, 6.45) is 3.59. The zero-order chi connectivity index (χ0) is 18.4. The summed E-state index contributed by atoms with van der Waals surface area (Å²) in [5.74, 6) is 0.354. The van der Waals surface area contributed by atoms with Crippen LogP contribution in [0.5, 0.6) is 0 Å². The molecule has 0 saturated heterocycles. The zero-order valence-corrected chi connectivity index (χ0v) is 15.5. The maximum Gasteiger partial charge on any atom is 0.237 e. The van der Waals surface area contributed by atoms with Gasteiger partial charge in [-0.1, -0.05) is 66.4 Å². The molecule has 0 radical (unpaired) electrons. The predicted octanol–water partition coefficient (Wildman–Crippen LogP) is 4.40. The lowest BCUT2D eigenvalue weighted by molar-refractivity contribution is -0.116. The number of hydrogen-bond acceptors (Lipinski definition) is 3. The molecule has 1 aromatic heterocycles. The Labute approximate surface area is 158 Å². The Kier molecular flexibility index (Phi) is 5.92. The van der Waals surface area contributed by atoms with Crippen LogP contribution in [0.3, 0.4) is 0 Å². The molecule has 0 unspecified atom stereocenters. The minimum Gasteiger partial charge on any atom is -0.322 e. The van der Waals surface area contributed by atoms with Gasteiger partial charge in [0.1, 0.15) is 0 Å². The molecule has 3 aromatic rings. The lowest BCUT2D eigenvalue weighted by atomic mass is 10.2. The molecular weight excluding hydrogens is 342 g/mol. The number of imidazole rings is 1. The molecular formula is C21H21N3OS. The molecule has 1 amide bonds. The third-order valence-electron chi connectivity index (χ3n) is 4.02. The molecule has 0 fully saturated rings. The molecule has 1 heterocycles. The Hall–Kier alpha value is -2.79. The van der Waals surface area contributed by atoms with Gasteiger partial charge in [-0.25, -0.2) is 4.98 Å². The summed E-state index contributed by atoms with van der Waals surface area (Å²) in [5.41, 5.74) is 3.02. The molecule has 132 valence electrons. The first-order valence-corrected chi connectivity index (χ1v) is 9.35. The van der Waals surface area contributed by atoms with Gasteiger partial charge in [-0.15, -0.1) is 6.58 Å². The van der Waals surface area contributed by atoms with E-state index in [1.54, 1.807) is 11.0 Å². The van der Waals surface area contributed by atoms with Crippen molar-refractivity contribution in [3.05, 3.63) is 79.5 Å². The van der Waals surface area contributed by atoms with Gasteiger partial charge in [0.15, 0.2) is 5.16 Å². The Morgan fingerprint density at radius 1 is 1.15 bits per heavy atom. The molecule has 0 aliphatic heterocycles. The van der Waals surface area contributed by atoms with Crippen molar-refractivity contribution in [3.8, 4) is 11.3 Å². The summed E-state index contributed by atoms with van der Waals surface area (Å²) in [4.78, 5) is 18.9. The van der Waals surface area contributed by atoms with E-state index in [1.165, 1.54) is 11.8 Å². The van der Waals surface area contributed by atoms with Gasteiger partial charge in [-0.05, 0) is 17.7 Å². The maximum absolute atomic E-state index is 12.7. The van der Waals surface area contributed by atoms with E-state index in [0.29, 0.717) is 12.3 Å². The zero-order valence-electron chi connectivity index (χ0n) is 14.7. The SMILES string of the molecule is C=CCN(C(=O)CSc1ncc(-c2ccccc2)n1C)c1ccccc1. The largest absolute Gasteiger partial charge is 0.322 e. The van der Waals surface area contributed by atoms with Gasteiger partial charge in [0.25, 0.3) is 0 Å². The van der Waals surface area contributed by atoms with Gasteiger partial charge in [0, 0.05) is 19.3 Å². The van der Waals surface area contributed by atoms with Crippen molar-refractivity contribution in [1.82, 2.24) is 9.55 Å². The second-order valence-corrected chi connectivity index (χ2v) is 6.71. The van der Waals surface area contributed by atoms with Gasteiger partial charge >= 0.3 is 0 Å². The monoisotopic (exact) mass is 363 g/mol. The normalized spacial score (nSPS) is 10.5. The summed E-state index contributed by atoms with van der Waals surface area (Å²) >= 11 is 1.45. The second-order valence-electron chi connectivity index (χ2n) is 5.77. The van der Waals surface area contributed by atoms with Crippen LogP contribution in [0.25, 0.3) is 11.3 Å². The Balaban J connectivity index is 1.71. The fraction of sp³-hybridized carbons (Fsp3) is 0.143. The highest BCUT2D eigenvalue weighted by molar-refractivity contribution is 7.99. The van der Waals surface area contributed by atoms with Crippen LogP contribution in [0.2, 0.25) is 0 Å². The molecule has 3 rings (SSSR count). The number of benzene rings is 2. The lowest BCUT2D eigenvalue weighted by Gasteiger charge is -2.21. The summed E-state index contributed by atoms with van der Waals surface area (Å²) in [6, 6.07) is 19.8. The lowest BCUT2D eigenvalue weighted by Crippen LogP contribution is -2.32. The summed E-state index contributed by atoms with van der Waals surface area (Å²) in [5, 5.41) is 0.823. The average molecular weight is 363 g/mol. The van der Waals surface area contributed by atoms with E-state index in [1.807, 2.05) is 66.3 Å². The third-order valence-corrected chi connectivity index (χ3v) is 5.05. The first-order chi connectivity index (χ1) is 12.7. The van der Waals surface area contributed by atoms with Crippen molar-refractivity contribution in [2.24, 2.45) is 7.05 Å². The molecule has 0 atom stereocenters. The quantitative estimate of drug-likeness (QED) is 0.461. The van der Waals surface area contributed by atoms with Crippen molar-refractivity contribution >= 4 is 23.4 Å². The van der Waals surface area contributed by atoms with E-state index in [-0.39, 0.29) is 5.91 Å². The minimum atomic E-state index is 0.0327. The van der Waals surface area contributed by atoms with Crippen LogP contribution < -0.4 is 4.90 Å². The first-order valence-electron chi connectivity index (χ1n) is 8.37. The van der Waals surface area contributed by atoms with Crippen LogP contribution >= 0.6 is 11.8 Å². The average Bonchev–Trinajstić information content (AvgIpc) is 3.06. The van der Waals surface area contributed by atoms with Crippen molar-refractivity contribution < 1.29 is 4.79 Å². The van der Waals surface area contributed by atoms with E-state index >= 15 is 0 Å². The van der Waals surface area contributed by atoms with Gasteiger partial charge in [-0.3, -0.25) is 4.79 Å². The van der Waals surface area contributed by atoms with E-state index in [0.717, 1.165) is 22.1 Å². The smallest absolute Gasteiger partial charge is 0.237 e. The third kappa shape index (κ3) is 4.06. The molecule has 0 spiro atoms. The number of rotatable bonds is 7. The molecule has 26 heavy (non-hydrogen) atoms. The topological polar surface area (TPSA) is 38.1 Å². The van der Waals surface area contributed by atoms with Crippen molar-refractivity contribution in [2.75, 3.05) is 17.2 Å². The van der Waals surface area contributed by atoms with E-state index < -0.39 is 0 Å². The standard InChI is InChI=1S/C21H21N3OS/c1-3-14-24(18-12-8-5-9-13-18)20(25)16-26-21-22-15-19(23(21)2)17-10-6-4-7-11-17/h3-13,15H,1,14,16H2,2H3. The minimum absolute atomic E-state index is 0.0327. The highest BCUT2D eigenvalue weighted by Gasteiger charge is 2.16. The number of aromatic nitrogens is 2. The fourth-order valence-electron chi connectivity index (χ4n) is 2.70. The fourth-order valence-corrected chi connectivity index (χ4v) is 3.52. The molecule has 0 aliphatic carbocycles. The number of carbonyl (C=O) groups excluding carboxylic acids is 1. The predicted molar refractivity (Wildman–Crippen MR) is 108 cm³/mol. The van der Waals surface area contributed by atoms with E-state index in [9.17, 15) is 4.79 Å². The van der Waals surface area contributed by atoms with E-state index in [2.05, 4.69) is 23.7 Å². The number of hydrogen-bond donors (Lipinski definition) is 0. The molecule has 0 saturated carbocycles. The molecule has 0 aliphatic rings. The second kappa shape index (κ2) is 8.54. The Morgan fingerprint density at radius 3 is 2.46 bits per heavy atom. The van der Waals surface area contributed by atoms with Crippen LogP contribution in [0, 0.1) is 0 Å². The molecule has 0 bridgehead atoms. The van der Waals surface area contributed by atoms with Gasteiger partial charge < -0.3 is 9.47 Å². The number of thioether (sulfide) groups is 1. The van der Waals surface area contributed by atoms with Crippen LogP contribution in [-0.4, -0.2) is 27.8 Å². The van der Waals surface area contributed by atoms with Crippen molar-refractivity contribution in [3.63, 3.8) is 0 Å². The number of anilines is 1. The van der Waals surface area contributed by atoms with Crippen LogP contribution in [0.15, 0.2) is 84.7 Å². The molecule has 0 N–H and O–H groups in total. The highest BCUT2D eigenvalue weighted by atomic mass is 32.2. The van der Waals surface area contributed by atoms with Crippen molar-refractivity contribution in [2.45, 2.75) is 5.16 Å². The number of para-hydroxylation sites is 1. The highest BCUT2D eigenvalue weighted by Crippen LogP contribution is 2.25. The van der Waals surface area contributed by atoms with Gasteiger partial charge in [0.2, 0.25) is 5.91 Å². The first kappa shape index (κ1) is 18.0. The summed E-state index contributed by atoms with van der Waals surface area (Å²) in [6.45, 7) is 4.25. The van der Waals surface area contributed by atoms with Crippen LogP contribution in [0.4, 0.5) is 5.69 Å². The summed E-state index contributed by atoms with van der Waals surface area (Å²) in [7, 11) is 1.97. The number of amides is 1. The Bertz CT molecular complexity index is 875. The van der Waals surface area contributed by atoms with Crippen LogP contribution in [0.1, 0.15) is 0 Å². The maximum atomic E-state index is 12.7.